The molecule has 2 aromatic carbocycles. The van der Waals surface area contributed by atoms with Crippen LogP contribution in [-0.4, -0.2) is 36.9 Å². The number of hydrazone groups is 1. The van der Waals surface area contributed by atoms with Gasteiger partial charge in [-0.1, -0.05) is 48.0 Å². The fourth-order valence-corrected chi connectivity index (χ4v) is 3.59. The van der Waals surface area contributed by atoms with Crippen LogP contribution >= 0.6 is 0 Å². The van der Waals surface area contributed by atoms with E-state index >= 15 is 0 Å². The van der Waals surface area contributed by atoms with Gasteiger partial charge in [-0.3, -0.25) is 14.7 Å². The van der Waals surface area contributed by atoms with Crippen LogP contribution in [0.25, 0.3) is 16.4 Å². The molecule has 1 aliphatic rings. The molecule has 0 saturated carbocycles. The summed E-state index contributed by atoms with van der Waals surface area (Å²) >= 11 is 0. The van der Waals surface area contributed by atoms with Crippen LogP contribution < -0.4 is 5.56 Å². The minimum absolute atomic E-state index is 0.237. The van der Waals surface area contributed by atoms with Gasteiger partial charge in [0.05, 0.1) is 11.1 Å². The maximum Gasteiger partial charge on any atom is 0.270 e. The van der Waals surface area contributed by atoms with Crippen molar-refractivity contribution in [3.05, 3.63) is 75.8 Å². The van der Waals surface area contributed by atoms with Crippen molar-refractivity contribution >= 4 is 28.5 Å². The first-order valence-corrected chi connectivity index (χ1v) is 8.90. The van der Waals surface area contributed by atoms with Gasteiger partial charge >= 0.3 is 0 Å². The van der Waals surface area contributed by atoms with Gasteiger partial charge in [-0.2, -0.15) is 5.10 Å². The van der Waals surface area contributed by atoms with Crippen molar-refractivity contribution in [2.75, 3.05) is 0 Å². The number of aromatic amines is 1. The highest BCUT2D eigenvalue weighted by Gasteiger charge is 2.33. The van der Waals surface area contributed by atoms with Crippen LogP contribution in [0.15, 0.2) is 58.4 Å². The normalized spacial score (nSPS) is 16.7. The van der Waals surface area contributed by atoms with Crippen LogP contribution in [0.4, 0.5) is 0 Å². The number of benzene rings is 2. The van der Waals surface area contributed by atoms with Crippen LogP contribution in [0.1, 0.15) is 29.4 Å². The number of H-pyrrole nitrogens is 1. The molecule has 138 valence electrons. The summed E-state index contributed by atoms with van der Waals surface area (Å²) in [6.07, 6.45) is 1.16. The molecule has 8 nitrogen and oxygen atoms in total. The Morgan fingerprint density at radius 1 is 1.07 bits per heavy atom. The maximum atomic E-state index is 12.5. The lowest BCUT2D eigenvalue weighted by Crippen LogP contribution is -2.22. The van der Waals surface area contributed by atoms with E-state index in [0.29, 0.717) is 35.1 Å². The van der Waals surface area contributed by atoms with E-state index in [2.05, 4.69) is 20.4 Å². The Kier molecular flexibility index (Phi) is 3.58. The number of rotatable bonds is 3. The third kappa shape index (κ3) is 2.42. The van der Waals surface area contributed by atoms with Gasteiger partial charge in [-0.05, 0) is 18.6 Å². The summed E-state index contributed by atoms with van der Waals surface area (Å²) in [5, 5.41) is 18.4. The van der Waals surface area contributed by atoms with Crippen molar-refractivity contribution in [2.24, 2.45) is 5.10 Å². The average Bonchev–Trinajstić information content (AvgIpc) is 3.32. The highest BCUT2D eigenvalue weighted by atomic mass is 16.1. The molecular formula is C20H16N6O2. The number of hydrogen-bond donors (Lipinski definition) is 1. The van der Waals surface area contributed by atoms with E-state index in [0.717, 1.165) is 16.8 Å². The van der Waals surface area contributed by atoms with Gasteiger partial charge in [0.1, 0.15) is 6.04 Å². The standard InChI is InChI=1S/C20H16N6O2/c1-12-6-8-13(9-7-12)16-10-17(25(11-27)23-16)19-22-21-18-14-4-2-3-5-15(14)20(28)24-26(18)19/h2-9,11,17H,10H2,1H3,(H,24,28). The van der Waals surface area contributed by atoms with E-state index < -0.39 is 6.04 Å². The van der Waals surface area contributed by atoms with Gasteiger partial charge in [-0.15, -0.1) is 10.2 Å². The third-order valence-electron chi connectivity index (χ3n) is 5.05. The summed E-state index contributed by atoms with van der Waals surface area (Å²) in [7, 11) is 0. The Hall–Kier alpha value is -3.81. The zero-order valence-electron chi connectivity index (χ0n) is 15.0. The molecule has 28 heavy (non-hydrogen) atoms. The van der Waals surface area contributed by atoms with Gasteiger partial charge in [0.2, 0.25) is 6.41 Å². The molecule has 3 heterocycles. The lowest BCUT2D eigenvalue weighted by Gasteiger charge is -2.14. The van der Waals surface area contributed by atoms with Crippen molar-refractivity contribution in [3.8, 4) is 0 Å². The molecule has 0 bridgehead atoms. The number of nitrogens with zero attached hydrogens (tertiary/aromatic N) is 5. The molecular weight excluding hydrogens is 356 g/mol. The highest BCUT2D eigenvalue weighted by Crippen LogP contribution is 2.31. The lowest BCUT2D eigenvalue weighted by molar-refractivity contribution is -0.119. The van der Waals surface area contributed by atoms with E-state index in [-0.39, 0.29) is 5.56 Å². The summed E-state index contributed by atoms with van der Waals surface area (Å²) < 4.78 is 1.55. The molecule has 1 atom stereocenters. The molecule has 1 N–H and O–H groups in total. The summed E-state index contributed by atoms with van der Waals surface area (Å²) in [5.74, 6) is 0.468. The van der Waals surface area contributed by atoms with Crippen molar-refractivity contribution in [1.82, 2.24) is 24.8 Å². The molecule has 0 spiro atoms. The molecule has 1 aliphatic heterocycles. The van der Waals surface area contributed by atoms with E-state index in [9.17, 15) is 9.59 Å². The topological polar surface area (TPSA) is 95.7 Å². The molecule has 0 fully saturated rings. The number of aromatic nitrogens is 4. The number of hydrogen-bond acceptors (Lipinski definition) is 5. The van der Waals surface area contributed by atoms with E-state index in [1.54, 1.807) is 16.6 Å². The molecule has 8 heteroatoms. The lowest BCUT2D eigenvalue weighted by atomic mass is 10.0. The third-order valence-corrected chi connectivity index (χ3v) is 5.05. The first-order valence-electron chi connectivity index (χ1n) is 8.90. The molecule has 5 rings (SSSR count). The first-order chi connectivity index (χ1) is 13.7. The van der Waals surface area contributed by atoms with E-state index in [4.69, 9.17) is 0 Å². The fraction of sp³-hybridized carbons (Fsp3) is 0.150. The molecule has 1 amide bonds. The van der Waals surface area contributed by atoms with Crippen molar-refractivity contribution in [2.45, 2.75) is 19.4 Å². The molecule has 1 unspecified atom stereocenters. The zero-order chi connectivity index (χ0) is 19.3. The Morgan fingerprint density at radius 2 is 1.82 bits per heavy atom. The molecule has 2 aromatic heterocycles. The van der Waals surface area contributed by atoms with Crippen molar-refractivity contribution in [3.63, 3.8) is 0 Å². The highest BCUT2D eigenvalue weighted by molar-refractivity contribution is 6.02. The second kappa shape index (κ2) is 6.12. The number of amides is 1. The molecule has 0 radical (unpaired) electrons. The minimum atomic E-state index is -0.444. The number of fused-ring (bicyclic) bond motifs is 3. The Balaban J connectivity index is 1.61. The molecule has 0 saturated heterocycles. The quantitative estimate of drug-likeness (QED) is 0.558. The maximum absolute atomic E-state index is 12.5. The summed E-state index contributed by atoms with van der Waals surface area (Å²) in [5.41, 5.74) is 3.20. The Labute approximate surface area is 159 Å². The summed E-state index contributed by atoms with van der Waals surface area (Å²) in [6, 6.07) is 14.8. The fourth-order valence-electron chi connectivity index (χ4n) is 3.59. The van der Waals surface area contributed by atoms with Crippen LogP contribution in [0, 0.1) is 6.92 Å². The molecule has 4 aromatic rings. The van der Waals surface area contributed by atoms with Crippen LogP contribution in [-0.2, 0) is 4.79 Å². The smallest absolute Gasteiger partial charge is 0.270 e. The van der Waals surface area contributed by atoms with Gasteiger partial charge < -0.3 is 0 Å². The monoisotopic (exact) mass is 372 g/mol. The van der Waals surface area contributed by atoms with Gasteiger partial charge in [0.25, 0.3) is 5.56 Å². The summed E-state index contributed by atoms with van der Waals surface area (Å²) in [4.78, 5) is 24.1. The predicted molar refractivity (Wildman–Crippen MR) is 104 cm³/mol. The van der Waals surface area contributed by atoms with Gasteiger partial charge in [0, 0.05) is 11.8 Å². The average molecular weight is 372 g/mol. The number of carbonyl (C=O) groups excluding carboxylic acids is 1. The Morgan fingerprint density at radius 3 is 2.57 bits per heavy atom. The zero-order valence-corrected chi connectivity index (χ0v) is 15.0. The minimum Gasteiger partial charge on any atom is -0.277 e. The van der Waals surface area contributed by atoms with Crippen molar-refractivity contribution < 1.29 is 4.79 Å². The predicted octanol–water partition coefficient (Wildman–Crippen LogP) is 2.19. The number of nitrogens with one attached hydrogen (secondary N) is 1. The van der Waals surface area contributed by atoms with Crippen molar-refractivity contribution in [1.29, 1.82) is 0 Å². The largest absolute Gasteiger partial charge is 0.277 e. The second-order valence-corrected chi connectivity index (χ2v) is 6.82. The number of carbonyl (C=O) groups is 1. The summed E-state index contributed by atoms with van der Waals surface area (Å²) in [6.45, 7) is 2.02. The van der Waals surface area contributed by atoms with Crippen LogP contribution in [0.2, 0.25) is 0 Å². The van der Waals surface area contributed by atoms with Gasteiger partial charge in [0.15, 0.2) is 11.5 Å². The SMILES string of the molecule is Cc1ccc(C2=NN(C=O)C(c3nnc4c5ccccc5c(=O)[nH]n34)C2)cc1. The van der Waals surface area contributed by atoms with Crippen LogP contribution in [0.5, 0.6) is 0 Å². The Bertz CT molecular complexity index is 1300. The second-order valence-electron chi connectivity index (χ2n) is 6.82. The van der Waals surface area contributed by atoms with E-state index in [1.165, 1.54) is 5.01 Å². The number of aryl methyl sites for hydroxylation is 1. The van der Waals surface area contributed by atoms with Crippen LogP contribution in [0.3, 0.4) is 0 Å². The van der Waals surface area contributed by atoms with E-state index in [1.807, 2.05) is 43.3 Å². The van der Waals surface area contributed by atoms with Gasteiger partial charge in [-0.25, -0.2) is 9.52 Å². The molecule has 0 aliphatic carbocycles. The first kappa shape index (κ1) is 16.4.